The van der Waals surface area contributed by atoms with Gasteiger partial charge >= 0.3 is 6.18 Å². The molecule has 0 saturated carbocycles. The highest BCUT2D eigenvalue weighted by atomic mass is 79.9. The molecule has 0 spiro atoms. The number of aromatic nitrogens is 2. The summed E-state index contributed by atoms with van der Waals surface area (Å²) in [5.41, 5.74) is 1.83. The lowest BCUT2D eigenvalue weighted by atomic mass is 9.97. The van der Waals surface area contributed by atoms with Crippen LogP contribution in [-0.2, 0) is 19.6 Å². The number of benzene rings is 1. The summed E-state index contributed by atoms with van der Waals surface area (Å²) < 4.78 is 41.6. The minimum absolute atomic E-state index is 0.0937. The van der Waals surface area contributed by atoms with Crippen molar-refractivity contribution in [3.05, 3.63) is 52.0 Å². The van der Waals surface area contributed by atoms with Gasteiger partial charge in [0.25, 0.3) is 0 Å². The first kappa shape index (κ1) is 16.0. The van der Waals surface area contributed by atoms with E-state index >= 15 is 0 Å². The summed E-state index contributed by atoms with van der Waals surface area (Å²) in [6.45, 7) is 0. The summed E-state index contributed by atoms with van der Waals surface area (Å²) in [5.74, 6) is 6.10. The summed E-state index contributed by atoms with van der Waals surface area (Å²) >= 11 is 3.06. The molecule has 114 valence electrons. The monoisotopic (exact) mass is 362 g/mol. The number of hydrogen-bond acceptors (Lipinski definition) is 3. The Morgan fingerprint density at radius 2 is 2.14 bits per heavy atom. The van der Waals surface area contributed by atoms with Crippen LogP contribution in [0.5, 0.6) is 0 Å². The fraction of sp³-hybridized carbons (Fsp3) is 0.308. The van der Waals surface area contributed by atoms with Crippen LogP contribution in [-0.4, -0.2) is 9.55 Å². The number of alkyl halides is 3. The Bertz CT molecular complexity index is 624. The molecule has 1 aromatic heterocycles. The van der Waals surface area contributed by atoms with Gasteiger partial charge in [0.15, 0.2) is 0 Å². The smallest absolute Gasteiger partial charge is 0.338 e. The van der Waals surface area contributed by atoms with Crippen molar-refractivity contribution < 1.29 is 13.2 Å². The minimum atomic E-state index is -4.45. The fourth-order valence-electron chi connectivity index (χ4n) is 2.11. The van der Waals surface area contributed by atoms with E-state index in [0.717, 1.165) is 6.07 Å². The van der Waals surface area contributed by atoms with Gasteiger partial charge in [-0.3, -0.25) is 11.3 Å². The largest absolute Gasteiger partial charge is 0.416 e. The molecule has 4 nitrogen and oxygen atoms in total. The zero-order chi connectivity index (χ0) is 15.6. The number of hydrazine groups is 1. The summed E-state index contributed by atoms with van der Waals surface area (Å²) in [6.07, 6.45) is -0.870. The number of nitrogens with zero attached hydrogens (tertiary/aromatic N) is 2. The molecule has 0 amide bonds. The van der Waals surface area contributed by atoms with Gasteiger partial charge in [-0.05, 0) is 17.7 Å². The number of rotatable bonds is 4. The molecule has 1 heterocycles. The van der Waals surface area contributed by atoms with E-state index in [-0.39, 0.29) is 12.0 Å². The predicted molar refractivity (Wildman–Crippen MR) is 76.1 cm³/mol. The van der Waals surface area contributed by atoms with E-state index in [4.69, 9.17) is 5.84 Å². The summed E-state index contributed by atoms with van der Waals surface area (Å²) in [7, 11) is 1.78. The van der Waals surface area contributed by atoms with Crippen molar-refractivity contribution in [2.24, 2.45) is 12.9 Å². The minimum Gasteiger partial charge on any atom is -0.338 e. The Kier molecular flexibility index (Phi) is 4.70. The number of halogens is 4. The molecule has 3 N–H and O–H groups in total. The molecule has 2 aromatic rings. The van der Waals surface area contributed by atoms with Crippen LogP contribution in [0.4, 0.5) is 13.2 Å². The lowest BCUT2D eigenvalue weighted by Gasteiger charge is -2.21. The molecular weight excluding hydrogens is 349 g/mol. The molecule has 0 bridgehead atoms. The second kappa shape index (κ2) is 6.17. The maximum absolute atomic E-state index is 13.2. The molecule has 1 atom stereocenters. The summed E-state index contributed by atoms with van der Waals surface area (Å²) in [5, 5.41) is 0. The second-order valence-electron chi connectivity index (χ2n) is 4.61. The van der Waals surface area contributed by atoms with Gasteiger partial charge in [0.2, 0.25) is 0 Å². The SMILES string of the molecule is Cn1ccnc1CC(NN)c1ccc(Br)cc1C(F)(F)F. The van der Waals surface area contributed by atoms with Crippen LogP contribution in [0.25, 0.3) is 0 Å². The van der Waals surface area contributed by atoms with Gasteiger partial charge in [-0.25, -0.2) is 4.98 Å². The van der Waals surface area contributed by atoms with Crippen LogP contribution in [0.15, 0.2) is 35.1 Å². The first-order chi connectivity index (χ1) is 9.82. The van der Waals surface area contributed by atoms with E-state index < -0.39 is 17.8 Å². The molecular formula is C13H14BrF3N4. The Hall–Kier alpha value is -1.38. The standard InChI is InChI=1S/C13H14BrF3N4/c1-21-5-4-19-12(21)7-11(20-18)9-3-2-8(14)6-10(9)13(15,16)17/h2-6,11,20H,7,18H2,1H3. The third kappa shape index (κ3) is 3.63. The number of nitrogens with two attached hydrogens (primary N) is 1. The maximum Gasteiger partial charge on any atom is 0.416 e. The topological polar surface area (TPSA) is 55.9 Å². The van der Waals surface area contributed by atoms with Gasteiger partial charge in [0.1, 0.15) is 5.82 Å². The molecule has 0 aliphatic heterocycles. The normalized spacial score (nSPS) is 13.4. The summed E-state index contributed by atoms with van der Waals surface area (Å²) in [4.78, 5) is 4.12. The molecule has 1 unspecified atom stereocenters. The lowest BCUT2D eigenvalue weighted by Crippen LogP contribution is -2.32. The van der Waals surface area contributed by atoms with E-state index in [2.05, 4.69) is 26.3 Å². The van der Waals surface area contributed by atoms with Gasteiger partial charge in [-0.1, -0.05) is 22.0 Å². The third-order valence-corrected chi connectivity index (χ3v) is 3.70. The Morgan fingerprint density at radius 1 is 1.43 bits per heavy atom. The van der Waals surface area contributed by atoms with Crippen LogP contribution in [0.3, 0.4) is 0 Å². The molecule has 0 aliphatic carbocycles. The van der Waals surface area contributed by atoms with E-state index in [1.807, 2.05) is 0 Å². The van der Waals surface area contributed by atoms with Crippen molar-refractivity contribution in [3.63, 3.8) is 0 Å². The van der Waals surface area contributed by atoms with Gasteiger partial charge in [-0.2, -0.15) is 13.2 Å². The van der Waals surface area contributed by atoms with E-state index in [9.17, 15) is 13.2 Å². The van der Waals surface area contributed by atoms with Crippen LogP contribution >= 0.6 is 15.9 Å². The van der Waals surface area contributed by atoms with Gasteiger partial charge < -0.3 is 4.57 Å². The van der Waals surface area contributed by atoms with Crippen molar-refractivity contribution in [3.8, 4) is 0 Å². The molecule has 0 fully saturated rings. The second-order valence-corrected chi connectivity index (χ2v) is 5.52. The van der Waals surface area contributed by atoms with Crippen molar-refractivity contribution in [2.75, 3.05) is 0 Å². The van der Waals surface area contributed by atoms with Crippen molar-refractivity contribution >= 4 is 15.9 Å². The number of nitrogens with one attached hydrogen (secondary N) is 1. The summed E-state index contributed by atoms with van der Waals surface area (Å²) in [6, 6.07) is 3.35. The average molecular weight is 363 g/mol. The van der Waals surface area contributed by atoms with Crippen LogP contribution in [0.1, 0.15) is 23.0 Å². The number of aryl methyl sites for hydroxylation is 1. The molecule has 1 aromatic carbocycles. The number of hydrogen-bond donors (Lipinski definition) is 2. The van der Waals surface area contributed by atoms with Gasteiger partial charge in [-0.15, -0.1) is 0 Å². The lowest BCUT2D eigenvalue weighted by molar-refractivity contribution is -0.138. The van der Waals surface area contributed by atoms with Gasteiger partial charge in [0.05, 0.1) is 11.6 Å². The molecule has 8 heteroatoms. The highest BCUT2D eigenvalue weighted by Gasteiger charge is 2.35. The van der Waals surface area contributed by atoms with Gasteiger partial charge in [0, 0.05) is 30.3 Å². The zero-order valence-electron chi connectivity index (χ0n) is 11.2. The molecule has 0 radical (unpaired) electrons. The fourth-order valence-corrected chi connectivity index (χ4v) is 2.47. The molecule has 0 saturated heterocycles. The first-order valence-corrected chi connectivity index (χ1v) is 6.91. The third-order valence-electron chi connectivity index (χ3n) is 3.21. The van der Waals surface area contributed by atoms with E-state index in [0.29, 0.717) is 10.3 Å². The van der Waals surface area contributed by atoms with Crippen molar-refractivity contribution in [1.29, 1.82) is 0 Å². The first-order valence-electron chi connectivity index (χ1n) is 6.12. The Balaban J connectivity index is 2.40. The Morgan fingerprint density at radius 3 is 2.67 bits per heavy atom. The van der Waals surface area contributed by atoms with Crippen LogP contribution < -0.4 is 11.3 Å². The molecule has 0 aliphatic rings. The number of imidazole rings is 1. The Labute approximate surface area is 128 Å². The zero-order valence-corrected chi connectivity index (χ0v) is 12.7. The molecule has 2 rings (SSSR count). The van der Waals surface area contributed by atoms with E-state index in [1.165, 1.54) is 6.07 Å². The van der Waals surface area contributed by atoms with E-state index in [1.54, 1.807) is 30.1 Å². The van der Waals surface area contributed by atoms with Crippen molar-refractivity contribution in [1.82, 2.24) is 15.0 Å². The highest BCUT2D eigenvalue weighted by molar-refractivity contribution is 9.10. The quantitative estimate of drug-likeness (QED) is 0.649. The average Bonchev–Trinajstić information content (AvgIpc) is 2.81. The van der Waals surface area contributed by atoms with Crippen molar-refractivity contribution in [2.45, 2.75) is 18.6 Å². The van der Waals surface area contributed by atoms with Crippen LogP contribution in [0, 0.1) is 0 Å². The maximum atomic E-state index is 13.2. The highest BCUT2D eigenvalue weighted by Crippen LogP contribution is 2.36. The molecule has 21 heavy (non-hydrogen) atoms. The predicted octanol–water partition coefficient (Wildman–Crippen LogP) is 2.95. The van der Waals surface area contributed by atoms with Crippen LogP contribution in [0.2, 0.25) is 0 Å².